The van der Waals surface area contributed by atoms with Crippen LogP contribution in [0.5, 0.6) is 0 Å². The Morgan fingerprint density at radius 2 is 2.15 bits per heavy atom. The van der Waals surface area contributed by atoms with E-state index in [1.54, 1.807) is 23.9 Å². The summed E-state index contributed by atoms with van der Waals surface area (Å²) in [5, 5.41) is 4.45. The van der Waals surface area contributed by atoms with E-state index < -0.39 is 6.43 Å². The van der Waals surface area contributed by atoms with Crippen LogP contribution in [-0.2, 0) is 7.05 Å². The van der Waals surface area contributed by atoms with E-state index in [-0.39, 0.29) is 5.56 Å². The molecule has 0 N–H and O–H groups in total. The topological polar surface area (TPSA) is 17.8 Å². The van der Waals surface area contributed by atoms with Gasteiger partial charge in [-0.05, 0) is 6.07 Å². The lowest BCUT2D eigenvalue weighted by atomic mass is 10.1. The molecule has 1 aromatic heterocycles. The summed E-state index contributed by atoms with van der Waals surface area (Å²) in [6.07, 6.45) is -0.968. The molecule has 0 fully saturated rings. The Balaban J connectivity index is 2.77. The van der Waals surface area contributed by atoms with Crippen molar-refractivity contribution in [2.24, 2.45) is 7.05 Å². The van der Waals surface area contributed by atoms with Crippen molar-refractivity contribution >= 4 is 10.9 Å². The zero-order valence-electron chi connectivity index (χ0n) is 7.04. The summed E-state index contributed by atoms with van der Waals surface area (Å²) in [6.45, 7) is 0. The average molecular weight is 182 g/mol. The molecule has 1 aromatic carbocycles. The van der Waals surface area contributed by atoms with Crippen LogP contribution in [0.2, 0.25) is 0 Å². The monoisotopic (exact) mass is 182 g/mol. The highest BCUT2D eigenvalue weighted by Gasteiger charge is 2.12. The molecule has 2 rings (SSSR count). The fraction of sp³-hybridized carbons (Fsp3) is 0.222. The Morgan fingerprint density at radius 1 is 1.38 bits per heavy atom. The van der Waals surface area contributed by atoms with Gasteiger partial charge in [-0.3, -0.25) is 4.68 Å². The Kier molecular flexibility index (Phi) is 1.76. The van der Waals surface area contributed by atoms with Crippen molar-refractivity contribution in [1.82, 2.24) is 9.78 Å². The van der Waals surface area contributed by atoms with Gasteiger partial charge in [0, 0.05) is 18.0 Å². The minimum Gasteiger partial charge on any atom is -0.268 e. The van der Waals surface area contributed by atoms with Crippen LogP contribution in [0.15, 0.2) is 24.4 Å². The molecular formula is C9H8F2N2. The van der Waals surface area contributed by atoms with E-state index in [0.29, 0.717) is 5.39 Å². The van der Waals surface area contributed by atoms with Crippen LogP contribution in [0.25, 0.3) is 10.9 Å². The zero-order valence-corrected chi connectivity index (χ0v) is 7.04. The number of aryl methyl sites for hydroxylation is 1. The van der Waals surface area contributed by atoms with Gasteiger partial charge in [0.15, 0.2) is 0 Å². The highest BCUT2D eigenvalue weighted by molar-refractivity contribution is 5.82. The summed E-state index contributed by atoms with van der Waals surface area (Å²) in [6, 6.07) is 4.81. The second-order valence-corrected chi connectivity index (χ2v) is 2.85. The molecule has 13 heavy (non-hydrogen) atoms. The van der Waals surface area contributed by atoms with Crippen LogP contribution >= 0.6 is 0 Å². The van der Waals surface area contributed by atoms with Crippen molar-refractivity contribution in [2.45, 2.75) is 6.43 Å². The van der Waals surface area contributed by atoms with E-state index in [0.717, 1.165) is 5.52 Å². The number of fused-ring (bicyclic) bond motifs is 1. The molecule has 0 saturated carbocycles. The molecule has 0 radical (unpaired) electrons. The summed E-state index contributed by atoms with van der Waals surface area (Å²) in [7, 11) is 1.73. The predicted octanol–water partition coefficient (Wildman–Crippen LogP) is 2.51. The van der Waals surface area contributed by atoms with Crippen LogP contribution < -0.4 is 0 Å². The van der Waals surface area contributed by atoms with Gasteiger partial charge in [0.1, 0.15) is 0 Å². The average Bonchev–Trinajstić information content (AvgIpc) is 2.48. The van der Waals surface area contributed by atoms with Crippen LogP contribution in [0.1, 0.15) is 12.0 Å². The van der Waals surface area contributed by atoms with Gasteiger partial charge in [-0.15, -0.1) is 0 Å². The van der Waals surface area contributed by atoms with Crippen LogP contribution in [0.3, 0.4) is 0 Å². The summed E-state index contributed by atoms with van der Waals surface area (Å²) >= 11 is 0. The first kappa shape index (κ1) is 8.16. The van der Waals surface area contributed by atoms with E-state index in [1.807, 2.05) is 0 Å². The first-order valence-electron chi connectivity index (χ1n) is 3.89. The number of benzene rings is 1. The zero-order chi connectivity index (χ0) is 9.42. The normalized spacial score (nSPS) is 11.4. The number of halogens is 2. The maximum atomic E-state index is 12.5. The van der Waals surface area contributed by atoms with Gasteiger partial charge in [-0.1, -0.05) is 12.1 Å². The molecule has 0 atom stereocenters. The van der Waals surface area contributed by atoms with Crippen molar-refractivity contribution in [1.29, 1.82) is 0 Å². The van der Waals surface area contributed by atoms with Crippen molar-refractivity contribution < 1.29 is 8.78 Å². The SMILES string of the molecule is Cn1ncc2c(C(F)F)cccc21. The smallest absolute Gasteiger partial charge is 0.264 e. The third kappa shape index (κ3) is 1.18. The molecule has 0 saturated heterocycles. The second kappa shape index (κ2) is 2.80. The molecule has 4 heteroatoms. The van der Waals surface area contributed by atoms with E-state index in [4.69, 9.17) is 0 Å². The highest BCUT2D eigenvalue weighted by atomic mass is 19.3. The van der Waals surface area contributed by atoms with Crippen molar-refractivity contribution in [3.05, 3.63) is 30.0 Å². The lowest BCUT2D eigenvalue weighted by molar-refractivity contribution is 0.153. The van der Waals surface area contributed by atoms with Gasteiger partial charge in [0.2, 0.25) is 0 Å². The third-order valence-corrected chi connectivity index (χ3v) is 2.06. The van der Waals surface area contributed by atoms with Gasteiger partial charge in [0.25, 0.3) is 6.43 Å². The molecule has 68 valence electrons. The molecule has 1 heterocycles. The third-order valence-electron chi connectivity index (χ3n) is 2.06. The van der Waals surface area contributed by atoms with Crippen molar-refractivity contribution in [3.63, 3.8) is 0 Å². The van der Waals surface area contributed by atoms with Gasteiger partial charge < -0.3 is 0 Å². The largest absolute Gasteiger partial charge is 0.268 e. The van der Waals surface area contributed by atoms with E-state index in [2.05, 4.69) is 5.10 Å². The number of nitrogens with zero attached hydrogens (tertiary/aromatic N) is 2. The molecule has 2 nitrogen and oxygen atoms in total. The molecule has 0 amide bonds. The lowest BCUT2D eigenvalue weighted by Crippen LogP contribution is -1.89. The standard InChI is InChI=1S/C9H8F2N2/c1-13-8-4-2-3-6(9(10)11)7(8)5-12-13/h2-5,9H,1H3. The maximum Gasteiger partial charge on any atom is 0.264 e. The quantitative estimate of drug-likeness (QED) is 0.662. The number of aromatic nitrogens is 2. The van der Waals surface area contributed by atoms with Crippen molar-refractivity contribution in [2.75, 3.05) is 0 Å². The molecule has 0 bridgehead atoms. The van der Waals surface area contributed by atoms with Gasteiger partial charge in [-0.2, -0.15) is 5.10 Å². The Hall–Kier alpha value is -1.45. The van der Waals surface area contributed by atoms with Gasteiger partial charge in [-0.25, -0.2) is 8.78 Å². The van der Waals surface area contributed by atoms with E-state index in [9.17, 15) is 8.78 Å². The lowest BCUT2D eigenvalue weighted by Gasteiger charge is -2.00. The minimum absolute atomic E-state index is 0.0469. The Bertz CT molecular complexity index is 434. The van der Waals surface area contributed by atoms with E-state index >= 15 is 0 Å². The van der Waals surface area contributed by atoms with Gasteiger partial charge >= 0.3 is 0 Å². The molecule has 0 spiro atoms. The second-order valence-electron chi connectivity index (χ2n) is 2.85. The number of hydrogen-bond donors (Lipinski definition) is 0. The van der Waals surface area contributed by atoms with Crippen LogP contribution in [0, 0.1) is 0 Å². The Labute approximate surface area is 73.8 Å². The highest BCUT2D eigenvalue weighted by Crippen LogP contribution is 2.26. The molecule has 0 aliphatic carbocycles. The van der Waals surface area contributed by atoms with Crippen molar-refractivity contribution in [3.8, 4) is 0 Å². The summed E-state index contributed by atoms with van der Waals surface area (Å²) in [5.74, 6) is 0. The fourth-order valence-electron chi connectivity index (χ4n) is 1.39. The maximum absolute atomic E-state index is 12.5. The molecular weight excluding hydrogens is 174 g/mol. The van der Waals surface area contributed by atoms with Crippen LogP contribution in [-0.4, -0.2) is 9.78 Å². The molecule has 0 aliphatic heterocycles. The van der Waals surface area contributed by atoms with Gasteiger partial charge in [0.05, 0.1) is 11.7 Å². The Morgan fingerprint density at radius 3 is 2.85 bits per heavy atom. The number of rotatable bonds is 1. The first-order chi connectivity index (χ1) is 6.20. The summed E-state index contributed by atoms with van der Waals surface area (Å²) in [5.41, 5.74) is 0.781. The van der Waals surface area contributed by atoms with E-state index in [1.165, 1.54) is 12.3 Å². The number of alkyl halides is 2. The fourth-order valence-corrected chi connectivity index (χ4v) is 1.39. The molecule has 0 aliphatic rings. The molecule has 2 aromatic rings. The molecule has 0 unspecified atom stereocenters. The van der Waals surface area contributed by atoms with Crippen LogP contribution in [0.4, 0.5) is 8.78 Å². The summed E-state index contributed by atoms with van der Waals surface area (Å²) < 4.78 is 26.5. The number of hydrogen-bond acceptors (Lipinski definition) is 1. The summed E-state index contributed by atoms with van der Waals surface area (Å²) in [4.78, 5) is 0. The predicted molar refractivity (Wildman–Crippen MR) is 45.7 cm³/mol. The first-order valence-corrected chi connectivity index (χ1v) is 3.89. The minimum atomic E-state index is -2.44.